The molecule has 0 bridgehead atoms. The molecule has 88 valence electrons. The number of carbonyl (C=O) groups excluding carboxylic acids is 1. The third-order valence-corrected chi connectivity index (χ3v) is 3.27. The van der Waals surface area contributed by atoms with E-state index in [2.05, 4.69) is 4.99 Å². The van der Waals surface area contributed by atoms with E-state index in [9.17, 15) is 9.90 Å². The standard InChI is InChI=1S/C13H19NO2/c1-13(2)7-10(15)12(11(16)8-13)9-5-3-4-6-14-9/h15H,3-8H2,1-2H3. The maximum absolute atomic E-state index is 12.0. The summed E-state index contributed by atoms with van der Waals surface area (Å²) >= 11 is 0. The Bertz CT molecular complexity index is 377. The van der Waals surface area contributed by atoms with E-state index in [0.717, 1.165) is 31.5 Å². The minimum Gasteiger partial charge on any atom is -0.511 e. The molecule has 3 heteroatoms. The molecule has 16 heavy (non-hydrogen) atoms. The Labute approximate surface area is 96.3 Å². The van der Waals surface area contributed by atoms with Gasteiger partial charge >= 0.3 is 0 Å². The lowest BCUT2D eigenvalue weighted by Gasteiger charge is -2.30. The van der Waals surface area contributed by atoms with Crippen LogP contribution < -0.4 is 0 Å². The van der Waals surface area contributed by atoms with Crippen molar-refractivity contribution < 1.29 is 9.90 Å². The minimum atomic E-state index is -0.111. The van der Waals surface area contributed by atoms with Crippen molar-refractivity contribution >= 4 is 11.5 Å². The molecule has 0 radical (unpaired) electrons. The molecular weight excluding hydrogens is 202 g/mol. The fraction of sp³-hybridized carbons (Fsp3) is 0.692. The second-order valence-electron chi connectivity index (χ2n) is 5.55. The quantitative estimate of drug-likeness (QED) is 0.740. The van der Waals surface area contributed by atoms with Crippen LogP contribution in [0.5, 0.6) is 0 Å². The molecule has 0 fully saturated rings. The van der Waals surface area contributed by atoms with Crippen molar-refractivity contribution in [2.45, 2.75) is 46.0 Å². The molecule has 2 rings (SSSR count). The van der Waals surface area contributed by atoms with Gasteiger partial charge in [0.05, 0.1) is 5.57 Å². The first-order valence-electron chi connectivity index (χ1n) is 5.99. The zero-order valence-electron chi connectivity index (χ0n) is 10.0. The van der Waals surface area contributed by atoms with Gasteiger partial charge in [0, 0.05) is 25.1 Å². The monoisotopic (exact) mass is 221 g/mol. The molecule has 0 aromatic carbocycles. The van der Waals surface area contributed by atoms with Crippen LogP contribution in [0.3, 0.4) is 0 Å². The van der Waals surface area contributed by atoms with Gasteiger partial charge in [-0.2, -0.15) is 0 Å². The topological polar surface area (TPSA) is 49.7 Å². The van der Waals surface area contributed by atoms with Crippen molar-refractivity contribution in [3.63, 3.8) is 0 Å². The predicted octanol–water partition coefficient (Wildman–Crippen LogP) is 2.81. The molecule has 0 saturated carbocycles. The lowest BCUT2D eigenvalue weighted by molar-refractivity contribution is -0.117. The number of ketones is 1. The highest BCUT2D eigenvalue weighted by molar-refractivity contribution is 6.23. The Morgan fingerprint density at radius 2 is 2.00 bits per heavy atom. The molecule has 0 amide bonds. The molecule has 0 unspecified atom stereocenters. The Balaban J connectivity index is 2.32. The van der Waals surface area contributed by atoms with E-state index in [4.69, 9.17) is 0 Å². The smallest absolute Gasteiger partial charge is 0.168 e. The molecule has 0 spiro atoms. The fourth-order valence-electron chi connectivity index (χ4n) is 2.52. The van der Waals surface area contributed by atoms with E-state index in [1.165, 1.54) is 0 Å². The highest BCUT2D eigenvalue weighted by Crippen LogP contribution is 2.36. The Morgan fingerprint density at radius 3 is 2.56 bits per heavy atom. The van der Waals surface area contributed by atoms with Crippen LogP contribution in [0.15, 0.2) is 16.3 Å². The first-order chi connectivity index (χ1) is 7.49. The van der Waals surface area contributed by atoms with Crippen LogP contribution in [-0.2, 0) is 4.79 Å². The molecule has 2 aliphatic rings. The zero-order valence-corrected chi connectivity index (χ0v) is 10.0. The first kappa shape index (κ1) is 11.4. The van der Waals surface area contributed by atoms with Crippen LogP contribution in [0, 0.1) is 5.41 Å². The molecule has 0 aromatic heterocycles. The second kappa shape index (κ2) is 4.04. The van der Waals surface area contributed by atoms with Crippen LogP contribution in [0.2, 0.25) is 0 Å². The van der Waals surface area contributed by atoms with Gasteiger partial charge in [0.2, 0.25) is 0 Å². The summed E-state index contributed by atoms with van der Waals surface area (Å²) in [6.45, 7) is 4.82. The number of rotatable bonds is 1. The number of aliphatic hydroxyl groups is 1. The Kier molecular flexibility index (Phi) is 2.87. The molecule has 3 nitrogen and oxygen atoms in total. The van der Waals surface area contributed by atoms with Gasteiger partial charge in [0.25, 0.3) is 0 Å². The van der Waals surface area contributed by atoms with E-state index >= 15 is 0 Å². The molecular formula is C13H19NO2. The molecule has 1 N–H and O–H groups in total. The number of Topliss-reactive ketones (excluding diaryl/α,β-unsaturated/α-hetero) is 1. The molecule has 1 aliphatic heterocycles. The van der Waals surface area contributed by atoms with E-state index < -0.39 is 0 Å². The van der Waals surface area contributed by atoms with Crippen molar-refractivity contribution in [3.05, 3.63) is 11.3 Å². The van der Waals surface area contributed by atoms with Crippen molar-refractivity contribution in [2.24, 2.45) is 10.4 Å². The average molecular weight is 221 g/mol. The van der Waals surface area contributed by atoms with Crippen molar-refractivity contribution in [3.8, 4) is 0 Å². The number of aliphatic hydroxyl groups excluding tert-OH is 1. The normalized spacial score (nSPS) is 25.6. The molecule has 0 atom stereocenters. The van der Waals surface area contributed by atoms with Gasteiger partial charge in [0.1, 0.15) is 5.76 Å². The van der Waals surface area contributed by atoms with Gasteiger partial charge in [0.15, 0.2) is 5.78 Å². The number of carbonyl (C=O) groups is 1. The lowest BCUT2D eigenvalue weighted by atomic mass is 9.75. The Morgan fingerprint density at radius 1 is 1.25 bits per heavy atom. The van der Waals surface area contributed by atoms with E-state index in [1.54, 1.807) is 0 Å². The first-order valence-corrected chi connectivity index (χ1v) is 5.99. The summed E-state index contributed by atoms with van der Waals surface area (Å²) in [5, 5.41) is 10.0. The summed E-state index contributed by atoms with van der Waals surface area (Å²) in [5.74, 6) is 0.316. The van der Waals surface area contributed by atoms with Crippen molar-refractivity contribution in [2.75, 3.05) is 6.54 Å². The number of aliphatic imine (C=N–C) groups is 1. The number of nitrogens with zero attached hydrogens (tertiary/aromatic N) is 1. The van der Waals surface area contributed by atoms with Crippen LogP contribution in [-0.4, -0.2) is 23.1 Å². The number of hydrogen-bond donors (Lipinski definition) is 1. The highest BCUT2D eigenvalue weighted by atomic mass is 16.3. The second-order valence-corrected chi connectivity index (χ2v) is 5.55. The van der Waals surface area contributed by atoms with Crippen LogP contribution in [0.4, 0.5) is 0 Å². The predicted molar refractivity (Wildman–Crippen MR) is 63.8 cm³/mol. The molecule has 1 heterocycles. The average Bonchev–Trinajstić information content (AvgIpc) is 2.16. The van der Waals surface area contributed by atoms with Crippen molar-refractivity contribution in [1.82, 2.24) is 0 Å². The summed E-state index contributed by atoms with van der Waals surface area (Å²) < 4.78 is 0. The summed E-state index contributed by atoms with van der Waals surface area (Å²) in [7, 11) is 0. The van der Waals surface area contributed by atoms with E-state index in [0.29, 0.717) is 18.4 Å². The molecule has 0 aromatic rings. The zero-order chi connectivity index (χ0) is 11.8. The van der Waals surface area contributed by atoms with Gasteiger partial charge in [-0.25, -0.2) is 0 Å². The van der Waals surface area contributed by atoms with Crippen LogP contribution in [0.25, 0.3) is 0 Å². The molecule has 1 aliphatic carbocycles. The van der Waals surface area contributed by atoms with Gasteiger partial charge in [-0.05, 0) is 24.7 Å². The van der Waals surface area contributed by atoms with E-state index in [1.807, 2.05) is 13.8 Å². The van der Waals surface area contributed by atoms with Gasteiger partial charge in [-0.15, -0.1) is 0 Å². The Hall–Kier alpha value is -1.12. The summed E-state index contributed by atoms with van der Waals surface area (Å²) in [6.07, 6.45) is 4.12. The largest absolute Gasteiger partial charge is 0.511 e. The van der Waals surface area contributed by atoms with Gasteiger partial charge in [-0.1, -0.05) is 13.8 Å². The summed E-state index contributed by atoms with van der Waals surface area (Å²) in [5.41, 5.74) is 1.25. The highest BCUT2D eigenvalue weighted by Gasteiger charge is 2.35. The SMILES string of the molecule is CC1(C)CC(=O)C(C2=NCCCC2)=C(O)C1. The third kappa shape index (κ3) is 2.18. The number of hydrogen-bond acceptors (Lipinski definition) is 3. The fourth-order valence-corrected chi connectivity index (χ4v) is 2.52. The van der Waals surface area contributed by atoms with Crippen LogP contribution >= 0.6 is 0 Å². The van der Waals surface area contributed by atoms with Gasteiger partial charge in [-0.3, -0.25) is 9.79 Å². The summed E-state index contributed by atoms with van der Waals surface area (Å²) in [6, 6.07) is 0. The minimum absolute atomic E-state index is 0.0643. The van der Waals surface area contributed by atoms with Crippen molar-refractivity contribution in [1.29, 1.82) is 0 Å². The lowest BCUT2D eigenvalue weighted by Crippen LogP contribution is -2.30. The van der Waals surface area contributed by atoms with Crippen LogP contribution in [0.1, 0.15) is 46.0 Å². The third-order valence-electron chi connectivity index (χ3n) is 3.27. The molecule has 0 saturated heterocycles. The number of allylic oxidation sites excluding steroid dienone is 2. The maximum Gasteiger partial charge on any atom is 0.168 e. The summed E-state index contributed by atoms with van der Waals surface area (Å²) in [4.78, 5) is 16.4. The van der Waals surface area contributed by atoms with E-state index in [-0.39, 0.29) is 17.0 Å². The maximum atomic E-state index is 12.0. The van der Waals surface area contributed by atoms with Gasteiger partial charge < -0.3 is 5.11 Å².